The molecule has 0 unspecified atom stereocenters. The number of nitrogens with zero attached hydrogens (tertiary/aromatic N) is 2. The molecule has 0 aliphatic rings. The maximum absolute atomic E-state index is 12.9. The van der Waals surface area contributed by atoms with E-state index < -0.39 is 5.91 Å². The van der Waals surface area contributed by atoms with Gasteiger partial charge in [-0.25, -0.2) is 4.39 Å². The van der Waals surface area contributed by atoms with Crippen molar-refractivity contribution in [2.24, 2.45) is 0 Å². The van der Waals surface area contributed by atoms with Crippen molar-refractivity contribution in [2.45, 2.75) is 13.0 Å². The highest BCUT2D eigenvalue weighted by Crippen LogP contribution is 2.13. The Labute approximate surface area is 143 Å². The van der Waals surface area contributed by atoms with Gasteiger partial charge in [-0.1, -0.05) is 24.3 Å². The van der Waals surface area contributed by atoms with E-state index in [1.807, 2.05) is 24.3 Å². The lowest BCUT2D eigenvalue weighted by atomic mass is 10.1. The van der Waals surface area contributed by atoms with Gasteiger partial charge >= 0.3 is 11.8 Å². The highest BCUT2D eigenvalue weighted by Gasteiger charge is 2.15. The van der Waals surface area contributed by atoms with Crippen LogP contribution in [0.1, 0.15) is 27.7 Å². The monoisotopic (exact) mass is 341 g/mol. The second-order valence-electron chi connectivity index (χ2n) is 5.34. The Morgan fingerprint density at radius 2 is 1.96 bits per heavy atom. The summed E-state index contributed by atoms with van der Waals surface area (Å²) >= 11 is 0. The largest absolute Gasteiger partial charge is 0.497 e. The number of amides is 1. The van der Waals surface area contributed by atoms with E-state index in [1.165, 1.54) is 12.1 Å². The van der Waals surface area contributed by atoms with E-state index in [1.54, 1.807) is 19.2 Å². The van der Waals surface area contributed by atoms with Crippen LogP contribution in [0.5, 0.6) is 5.75 Å². The van der Waals surface area contributed by atoms with Gasteiger partial charge in [-0.05, 0) is 35.4 Å². The van der Waals surface area contributed by atoms with E-state index in [4.69, 9.17) is 9.15 Å². The molecule has 0 atom stereocenters. The van der Waals surface area contributed by atoms with Gasteiger partial charge in [0.1, 0.15) is 11.6 Å². The van der Waals surface area contributed by atoms with Crippen molar-refractivity contribution in [1.82, 2.24) is 15.5 Å². The van der Waals surface area contributed by atoms with E-state index in [9.17, 15) is 9.18 Å². The van der Waals surface area contributed by atoms with Gasteiger partial charge in [0.2, 0.25) is 5.89 Å². The molecule has 0 radical (unpaired) electrons. The van der Waals surface area contributed by atoms with Crippen molar-refractivity contribution in [3.8, 4) is 5.75 Å². The van der Waals surface area contributed by atoms with Gasteiger partial charge < -0.3 is 14.5 Å². The molecule has 3 aromatic rings. The van der Waals surface area contributed by atoms with Gasteiger partial charge in [0.15, 0.2) is 0 Å². The lowest BCUT2D eigenvalue weighted by Gasteiger charge is -2.05. The number of benzene rings is 2. The molecule has 0 aliphatic carbocycles. The van der Waals surface area contributed by atoms with Crippen LogP contribution in [0, 0.1) is 5.82 Å². The number of aromatic nitrogens is 2. The predicted octanol–water partition coefficient (Wildman–Crippen LogP) is 2.74. The van der Waals surface area contributed by atoms with E-state index in [-0.39, 0.29) is 17.6 Å². The molecule has 1 heterocycles. The Morgan fingerprint density at radius 3 is 2.72 bits per heavy atom. The normalized spacial score (nSPS) is 10.5. The van der Waals surface area contributed by atoms with Crippen LogP contribution < -0.4 is 10.1 Å². The number of rotatable bonds is 6. The van der Waals surface area contributed by atoms with Crippen LogP contribution in [-0.2, 0) is 13.0 Å². The number of hydrogen-bond acceptors (Lipinski definition) is 5. The van der Waals surface area contributed by atoms with Crippen LogP contribution in [-0.4, -0.2) is 23.2 Å². The smallest absolute Gasteiger partial charge is 0.309 e. The van der Waals surface area contributed by atoms with Crippen LogP contribution in [0.25, 0.3) is 0 Å². The highest BCUT2D eigenvalue weighted by atomic mass is 19.1. The standard InChI is InChI=1S/C18H16FN3O3/c1-24-15-4-2-3-13(9-15)11-20-17(23)18-22-21-16(25-18)10-12-5-7-14(19)8-6-12/h2-9H,10-11H2,1H3,(H,20,23). The van der Waals surface area contributed by atoms with E-state index in [0.717, 1.165) is 11.1 Å². The summed E-state index contributed by atoms with van der Waals surface area (Å²) in [6, 6.07) is 13.3. The molecule has 0 saturated heterocycles. The van der Waals surface area contributed by atoms with E-state index >= 15 is 0 Å². The van der Waals surface area contributed by atoms with Crippen molar-refractivity contribution in [3.63, 3.8) is 0 Å². The van der Waals surface area contributed by atoms with Gasteiger partial charge in [-0.2, -0.15) is 0 Å². The fourth-order valence-electron chi connectivity index (χ4n) is 2.23. The zero-order chi connectivity index (χ0) is 17.6. The minimum absolute atomic E-state index is 0.111. The molecule has 0 spiro atoms. The maximum atomic E-state index is 12.9. The summed E-state index contributed by atoms with van der Waals surface area (Å²) in [7, 11) is 1.58. The molecule has 0 saturated carbocycles. The quantitative estimate of drug-likeness (QED) is 0.746. The second kappa shape index (κ2) is 7.57. The summed E-state index contributed by atoms with van der Waals surface area (Å²) < 4.78 is 23.4. The van der Waals surface area contributed by atoms with E-state index in [0.29, 0.717) is 18.7 Å². The van der Waals surface area contributed by atoms with Crippen LogP contribution in [0.3, 0.4) is 0 Å². The predicted molar refractivity (Wildman–Crippen MR) is 87.7 cm³/mol. The molecule has 7 heteroatoms. The lowest BCUT2D eigenvalue weighted by Crippen LogP contribution is -2.23. The van der Waals surface area contributed by atoms with E-state index in [2.05, 4.69) is 15.5 Å². The van der Waals surface area contributed by atoms with Crippen LogP contribution in [0.15, 0.2) is 52.9 Å². The summed E-state index contributed by atoms with van der Waals surface area (Å²) in [6.45, 7) is 0.311. The Hall–Kier alpha value is -3.22. The third-order valence-electron chi connectivity index (χ3n) is 3.52. The van der Waals surface area contributed by atoms with Crippen LogP contribution >= 0.6 is 0 Å². The highest BCUT2D eigenvalue weighted by molar-refractivity contribution is 5.89. The Kier molecular flexibility index (Phi) is 5.03. The van der Waals surface area contributed by atoms with Crippen LogP contribution in [0.4, 0.5) is 4.39 Å². The summed E-state index contributed by atoms with van der Waals surface area (Å²) in [4.78, 5) is 12.1. The Bertz CT molecular complexity index is 862. The van der Waals surface area contributed by atoms with Crippen molar-refractivity contribution in [2.75, 3.05) is 7.11 Å². The van der Waals surface area contributed by atoms with Crippen molar-refractivity contribution in [3.05, 3.63) is 77.3 Å². The van der Waals surface area contributed by atoms with Crippen molar-refractivity contribution >= 4 is 5.91 Å². The molecule has 3 rings (SSSR count). The number of halogens is 1. The van der Waals surface area contributed by atoms with Gasteiger partial charge in [0.05, 0.1) is 13.5 Å². The second-order valence-corrected chi connectivity index (χ2v) is 5.34. The molecule has 1 aromatic heterocycles. The molecule has 128 valence electrons. The molecule has 1 amide bonds. The molecule has 6 nitrogen and oxygen atoms in total. The fraction of sp³-hybridized carbons (Fsp3) is 0.167. The Morgan fingerprint density at radius 1 is 1.16 bits per heavy atom. The minimum atomic E-state index is -0.458. The van der Waals surface area contributed by atoms with Crippen molar-refractivity contribution in [1.29, 1.82) is 0 Å². The summed E-state index contributed by atoms with van der Waals surface area (Å²) in [5.74, 6) is 0.122. The number of nitrogens with one attached hydrogen (secondary N) is 1. The fourth-order valence-corrected chi connectivity index (χ4v) is 2.23. The number of ether oxygens (including phenoxy) is 1. The molecular weight excluding hydrogens is 325 g/mol. The molecule has 0 bridgehead atoms. The zero-order valence-electron chi connectivity index (χ0n) is 13.5. The lowest BCUT2D eigenvalue weighted by molar-refractivity contribution is 0.0914. The average molecular weight is 341 g/mol. The molecule has 0 aliphatic heterocycles. The summed E-state index contributed by atoms with van der Waals surface area (Å²) in [5.41, 5.74) is 1.70. The molecule has 25 heavy (non-hydrogen) atoms. The maximum Gasteiger partial charge on any atom is 0.309 e. The first-order valence-corrected chi connectivity index (χ1v) is 7.62. The molecule has 0 fully saturated rings. The number of hydrogen-bond donors (Lipinski definition) is 1. The summed E-state index contributed by atoms with van der Waals surface area (Å²) in [5, 5.41) is 10.3. The first kappa shape index (κ1) is 16.6. The molecule has 1 N–H and O–H groups in total. The number of methoxy groups -OCH3 is 1. The first-order chi connectivity index (χ1) is 12.1. The third-order valence-corrected chi connectivity index (χ3v) is 3.52. The number of carbonyl (C=O) groups excluding carboxylic acids is 1. The minimum Gasteiger partial charge on any atom is -0.497 e. The summed E-state index contributed by atoms with van der Waals surface area (Å²) in [6.07, 6.45) is 0.330. The topological polar surface area (TPSA) is 77.2 Å². The van der Waals surface area contributed by atoms with Crippen LogP contribution in [0.2, 0.25) is 0 Å². The first-order valence-electron chi connectivity index (χ1n) is 7.62. The zero-order valence-corrected chi connectivity index (χ0v) is 13.5. The average Bonchev–Trinajstić information content (AvgIpc) is 3.10. The van der Waals surface area contributed by atoms with Gasteiger partial charge in [0.25, 0.3) is 0 Å². The SMILES string of the molecule is COc1cccc(CNC(=O)c2nnc(Cc3ccc(F)cc3)o2)c1. The van der Waals surface area contributed by atoms with Gasteiger partial charge in [-0.15, -0.1) is 10.2 Å². The van der Waals surface area contributed by atoms with Gasteiger partial charge in [-0.3, -0.25) is 4.79 Å². The third kappa shape index (κ3) is 4.41. The van der Waals surface area contributed by atoms with Crippen molar-refractivity contribution < 1.29 is 18.3 Å². The number of carbonyl (C=O) groups is 1. The molecule has 2 aromatic carbocycles. The Balaban J connectivity index is 1.59. The van der Waals surface area contributed by atoms with Gasteiger partial charge in [0, 0.05) is 6.54 Å². The molecular formula is C18H16FN3O3.